The minimum absolute atomic E-state index is 0.136. The lowest BCUT2D eigenvalue weighted by Crippen LogP contribution is -2.38. The molecule has 31 heavy (non-hydrogen) atoms. The van der Waals surface area contributed by atoms with Crippen molar-refractivity contribution in [3.63, 3.8) is 0 Å². The molecule has 1 aromatic rings. The van der Waals surface area contributed by atoms with Gasteiger partial charge in [0.2, 0.25) is 0 Å². The second-order valence-electron chi connectivity index (χ2n) is 6.85. The quantitative estimate of drug-likeness (QED) is 0.249. The van der Waals surface area contributed by atoms with Crippen molar-refractivity contribution in [3.05, 3.63) is 51.2 Å². The van der Waals surface area contributed by atoms with Gasteiger partial charge in [-0.1, -0.05) is 12.1 Å². The number of nitrogens with two attached hydrogens (primary N) is 1. The standard InChI is InChI=1S/C21H27N3O6S/c1-4-30-21(26)19-16(12-31-10-6-9-22)23-13(2)17(20(25)29-3)18(19)14-7-5-8-15(11-14)24(27)28/h5,7-8,11,18-19H,4,6,9-10,12,22H2,1-3H3. The molecule has 1 aliphatic rings. The number of nitro groups is 1. The highest BCUT2D eigenvalue weighted by atomic mass is 32.2. The first-order valence-corrected chi connectivity index (χ1v) is 11.1. The number of hydrogen-bond donors (Lipinski definition) is 1. The average molecular weight is 450 g/mol. The molecule has 0 bridgehead atoms. The topological polar surface area (TPSA) is 134 Å². The number of rotatable bonds is 10. The first-order chi connectivity index (χ1) is 14.8. The lowest BCUT2D eigenvalue weighted by molar-refractivity contribution is -0.384. The molecule has 0 saturated heterocycles. The molecular weight excluding hydrogens is 422 g/mol. The number of aliphatic imine (C=N–C) groups is 1. The van der Waals surface area contributed by atoms with Crippen LogP contribution >= 0.6 is 11.8 Å². The van der Waals surface area contributed by atoms with Gasteiger partial charge < -0.3 is 15.2 Å². The number of methoxy groups -OCH3 is 1. The summed E-state index contributed by atoms with van der Waals surface area (Å²) in [5.41, 5.74) is 7.04. The van der Waals surface area contributed by atoms with Crippen molar-refractivity contribution in [2.24, 2.45) is 16.6 Å². The van der Waals surface area contributed by atoms with E-state index in [1.54, 1.807) is 31.7 Å². The van der Waals surface area contributed by atoms with Gasteiger partial charge in [0.15, 0.2) is 0 Å². The molecule has 10 heteroatoms. The maximum atomic E-state index is 13.0. The molecule has 2 N–H and O–H groups in total. The molecule has 0 amide bonds. The van der Waals surface area contributed by atoms with Crippen LogP contribution in [-0.4, -0.2) is 54.3 Å². The average Bonchev–Trinajstić information content (AvgIpc) is 2.75. The van der Waals surface area contributed by atoms with E-state index in [-0.39, 0.29) is 17.9 Å². The third kappa shape index (κ3) is 5.92. The molecule has 0 radical (unpaired) electrons. The van der Waals surface area contributed by atoms with Crippen molar-refractivity contribution in [2.75, 3.05) is 31.8 Å². The molecule has 0 spiro atoms. The predicted molar refractivity (Wildman–Crippen MR) is 119 cm³/mol. The van der Waals surface area contributed by atoms with E-state index >= 15 is 0 Å². The number of ether oxygens (including phenoxy) is 2. The van der Waals surface area contributed by atoms with Crippen LogP contribution in [0.5, 0.6) is 0 Å². The highest BCUT2D eigenvalue weighted by Crippen LogP contribution is 2.41. The summed E-state index contributed by atoms with van der Waals surface area (Å²) in [6, 6.07) is 5.92. The number of benzene rings is 1. The molecule has 1 aromatic carbocycles. The van der Waals surface area contributed by atoms with Gasteiger partial charge in [0.1, 0.15) is 5.92 Å². The van der Waals surface area contributed by atoms with Crippen molar-refractivity contribution in [1.82, 2.24) is 0 Å². The van der Waals surface area contributed by atoms with Crippen LogP contribution in [0.4, 0.5) is 5.69 Å². The monoisotopic (exact) mass is 449 g/mol. The Kier molecular flexibility index (Phi) is 9.20. The smallest absolute Gasteiger partial charge is 0.336 e. The van der Waals surface area contributed by atoms with E-state index in [1.807, 2.05) is 0 Å². The second-order valence-corrected chi connectivity index (χ2v) is 7.95. The number of nitro benzene ring substituents is 1. The molecular formula is C21H27N3O6S. The van der Waals surface area contributed by atoms with E-state index < -0.39 is 28.7 Å². The largest absolute Gasteiger partial charge is 0.466 e. The molecule has 1 aliphatic heterocycles. The minimum atomic E-state index is -0.898. The Balaban J connectivity index is 2.62. The summed E-state index contributed by atoms with van der Waals surface area (Å²) in [6.45, 7) is 4.07. The van der Waals surface area contributed by atoms with Crippen LogP contribution in [0.1, 0.15) is 31.7 Å². The Labute approximate surface area is 185 Å². The first-order valence-electron chi connectivity index (χ1n) is 9.91. The Hall–Kier alpha value is -2.72. The molecule has 0 saturated carbocycles. The van der Waals surface area contributed by atoms with Gasteiger partial charge in [-0.05, 0) is 38.1 Å². The number of allylic oxidation sites excluding steroid dienone is 1. The molecule has 2 unspecified atom stereocenters. The van der Waals surface area contributed by atoms with E-state index in [1.165, 1.54) is 25.3 Å². The maximum Gasteiger partial charge on any atom is 0.336 e. The molecule has 2 atom stereocenters. The Morgan fingerprint density at radius 1 is 1.35 bits per heavy atom. The van der Waals surface area contributed by atoms with Gasteiger partial charge in [-0.3, -0.25) is 19.9 Å². The number of non-ortho nitro benzene ring substituents is 1. The summed E-state index contributed by atoms with van der Waals surface area (Å²) in [5, 5.41) is 11.3. The number of nitrogens with zero attached hydrogens (tertiary/aromatic N) is 2. The SMILES string of the molecule is CCOC(=O)C1C(CSCCCN)=NC(C)=C(C(=O)OC)C1c1cccc([N+](=O)[O-])c1. The molecule has 0 aromatic heterocycles. The van der Waals surface area contributed by atoms with Gasteiger partial charge in [0.05, 0.1) is 24.2 Å². The summed E-state index contributed by atoms with van der Waals surface area (Å²) < 4.78 is 10.3. The van der Waals surface area contributed by atoms with Crippen LogP contribution in [0.25, 0.3) is 0 Å². The third-order valence-electron chi connectivity index (χ3n) is 4.83. The Morgan fingerprint density at radius 2 is 2.10 bits per heavy atom. The zero-order valence-corrected chi connectivity index (χ0v) is 18.6. The molecule has 9 nitrogen and oxygen atoms in total. The third-order valence-corrected chi connectivity index (χ3v) is 5.91. The van der Waals surface area contributed by atoms with E-state index in [0.717, 1.165) is 12.2 Å². The first kappa shape index (κ1) is 24.5. The van der Waals surface area contributed by atoms with Gasteiger partial charge >= 0.3 is 11.9 Å². The van der Waals surface area contributed by atoms with Crippen LogP contribution in [-0.2, 0) is 19.1 Å². The Bertz CT molecular complexity index is 899. The molecule has 0 fully saturated rings. The fourth-order valence-corrected chi connectivity index (χ4v) is 4.46. The zero-order chi connectivity index (χ0) is 23.0. The van der Waals surface area contributed by atoms with Gasteiger partial charge in [-0.15, -0.1) is 0 Å². The maximum absolute atomic E-state index is 13.0. The molecule has 0 aliphatic carbocycles. The van der Waals surface area contributed by atoms with Crippen LogP contribution in [0.3, 0.4) is 0 Å². The summed E-state index contributed by atoms with van der Waals surface area (Å²) in [5.74, 6) is -1.65. The molecule has 1 heterocycles. The summed E-state index contributed by atoms with van der Waals surface area (Å²) >= 11 is 1.58. The summed E-state index contributed by atoms with van der Waals surface area (Å²) in [6.07, 6.45) is 0.818. The van der Waals surface area contributed by atoms with Crippen molar-refractivity contribution in [1.29, 1.82) is 0 Å². The zero-order valence-electron chi connectivity index (χ0n) is 17.8. The van der Waals surface area contributed by atoms with Crippen LogP contribution in [0, 0.1) is 16.0 Å². The number of carbonyl (C=O) groups excluding carboxylic acids is 2. The van der Waals surface area contributed by atoms with Crippen LogP contribution < -0.4 is 5.73 Å². The van der Waals surface area contributed by atoms with Gasteiger partial charge in [-0.2, -0.15) is 11.8 Å². The summed E-state index contributed by atoms with van der Waals surface area (Å²) in [7, 11) is 1.24. The van der Waals surface area contributed by atoms with E-state index in [0.29, 0.717) is 29.3 Å². The minimum Gasteiger partial charge on any atom is -0.466 e. The van der Waals surface area contributed by atoms with Crippen molar-refractivity contribution in [2.45, 2.75) is 26.2 Å². The molecule has 2 rings (SSSR count). The highest BCUT2D eigenvalue weighted by molar-refractivity contribution is 7.99. The van der Waals surface area contributed by atoms with E-state index in [2.05, 4.69) is 4.99 Å². The number of esters is 2. The highest BCUT2D eigenvalue weighted by Gasteiger charge is 2.43. The normalized spacial score (nSPS) is 18.4. The predicted octanol–water partition coefficient (Wildman–Crippen LogP) is 2.84. The van der Waals surface area contributed by atoms with Crippen molar-refractivity contribution < 1.29 is 24.0 Å². The fraction of sp³-hybridized carbons (Fsp3) is 0.476. The Morgan fingerprint density at radius 3 is 2.71 bits per heavy atom. The lowest BCUT2D eigenvalue weighted by atomic mass is 9.75. The lowest BCUT2D eigenvalue weighted by Gasteiger charge is -2.32. The number of carbonyl (C=O) groups is 2. The van der Waals surface area contributed by atoms with Crippen molar-refractivity contribution in [3.8, 4) is 0 Å². The van der Waals surface area contributed by atoms with Crippen LogP contribution in [0.15, 0.2) is 40.5 Å². The van der Waals surface area contributed by atoms with E-state index in [4.69, 9.17) is 15.2 Å². The number of hydrogen-bond acceptors (Lipinski definition) is 9. The van der Waals surface area contributed by atoms with E-state index in [9.17, 15) is 19.7 Å². The van der Waals surface area contributed by atoms with Gasteiger partial charge in [-0.25, -0.2) is 4.79 Å². The number of thioether (sulfide) groups is 1. The fourth-order valence-electron chi connectivity index (χ4n) is 3.49. The second kappa shape index (κ2) is 11.6. The van der Waals surface area contributed by atoms with Gasteiger partial charge in [0, 0.05) is 35.2 Å². The summed E-state index contributed by atoms with van der Waals surface area (Å²) in [4.78, 5) is 41.1. The van der Waals surface area contributed by atoms with Crippen LogP contribution in [0.2, 0.25) is 0 Å². The van der Waals surface area contributed by atoms with Crippen molar-refractivity contribution >= 4 is 35.1 Å². The van der Waals surface area contributed by atoms with Gasteiger partial charge in [0.25, 0.3) is 5.69 Å². The molecule has 168 valence electrons.